The normalized spacial score (nSPS) is 16.0. The molecule has 0 aliphatic carbocycles. The van der Waals surface area contributed by atoms with Gasteiger partial charge in [0.25, 0.3) is 5.91 Å². The van der Waals surface area contributed by atoms with Crippen molar-refractivity contribution < 1.29 is 14.3 Å². The van der Waals surface area contributed by atoms with Gasteiger partial charge in [0, 0.05) is 24.7 Å². The lowest BCUT2D eigenvalue weighted by Gasteiger charge is -2.33. The van der Waals surface area contributed by atoms with E-state index in [-0.39, 0.29) is 17.7 Å². The number of nitrogens with zero attached hydrogens (tertiary/aromatic N) is 1. The smallest absolute Gasteiger partial charge is 0.251 e. The molecular weight excluding hydrogens is 340 g/mol. The van der Waals surface area contributed by atoms with Gasteiger partial charge in [0.2, 0.25) is 5.91 Å². The summed E-state index contributed by atoms with van der Waals surface area (Å²) in [6.07, 6.45) is 0.867. The first-order chi connectivity index (χ1) is 13.1. The molecule has 5 nitrogen and oxygen atoms in total. The molecule has 5 heteroatoms. The van der Waals surface area contributed by atoms with Crippen molar-refractivity contribution in [3.63, 3.8) is 0 Å². The molecule has 0 aromatic heterocycles. The van der Waals surface area contributed by atoms with Gasteiger partial charge < -0.3 is 15.0 Å². The number of hydrogen-bond donors (Lipinski definition) is 1. The van der Waals surface area contributed by atoms with Gasteiger partial charge >= 0.3 is 0 Å². The van der Waals surface area contributed by atoms with Crippen LogP contribution in [0.25, 0.3) is 0 Å². The molecule has 1 heterocycles. The standard InChI is InChI=1S/C22H26N2O3/c1-17(27-16-18-8-4-2-5-9-18)22(26)24-14-12-19(13-15-24)21(25)23-20-10-6-3-7-11-20/h2-11,17,19H,12-16H2,1H3,(H,23,25). The third-order valence-electron chi connectivity index (χ3n) is 4.91. The number of amides is 2. The summed E-state index contributed by atoms with van der Waals surface area (Å²) in [5.74, 6) is -0.0377. The van der Waals surface area contributed by atoms with Crippen molar-refractivity contribution in [2.45, 2.75) is 32.5 Å². The lowest BCUT2D eigenvalue weighted by molar-refractivity contribution is -0.145. The van der Waals surface area contributed by atoms with Crippen LogP contribution < -0.4 is 5.32 Å². The summed E-state index contributed by atoms with van der Waals surface area (Å²) in [6.45, 7) is 3.39. The number of para-hydroxylation sites is 1. The molecule has 2 aromatic rings. The van der Waals surface area contributed by atoms with Gasteiger partial charge in [-0.05, 0) is 37.5 Å². The second-order valence-electron chi connectivity index (χ2n) is 6.89. The van der Waals surface area contributed by atoms with E-state index in [9.17, 15) is 9.59 Å². The second kappa shape index (κ2) is 9.33. The van der Waals surface area contributed by atoms with Crippen LogP contribution in [-0.4, -0.2) is 35.9 Å². The minimum absolute atomic E-state index is 0.00662. The lowest BCUT2D eigenvalue weighted by atomic mass is 9.95. The van der Waals surface area contributed by atoms with Crippen LogP contribution in [0.15, 0.2) is 60.7 Å². The topological polar surface area (TPSA) is 58.6 Å². The number of benzene rings is 2. The van der Waals surface area contributed by atoms with Crippen LogP contribution in [0.1, 0.15) is 25.3 Å². The van der Waals surface area contributed by atoms with Crippen molar-refractivity contribution in [2.75, 3.05) is 18.4 Å². The number of likely N-dealkylation sites (tertiary alicyclic amines) is 1. The maximum absolute atomic E-state index is 12.6. The van der Waals surface area contributed by atoms with E-state index in [2.05, 4.69) is 5.32 Å². The van der Waals surface area contributed by atoms with Crippen LogP contribution >= 0.6 is 0 Å². The Morgan fingerprint density at radius 3 is 2.26 bits per heavy atom. The number of hydrogen-bond acceptors (Lipinski definition) is 3. The van der Waals surface area contributed by atoms with Crippen LogP contribution in [0.3, 0.4) is 0 Å². The fourth-order valence-corrected chi connectivity index (χ4v) is 3.25. The molecule has 0 saturated carbocycles. The quantitative estimate of drug-likeness (QED) is 0.852. The summed E-state index contributed by atoms with van der Waals surface area (Å²) in [7, 11) is 0. The molecule has 1 aliphatic rings. The van der Waals surface area contributed by atoms with Crippen LogP contribution in [0.4, 0.5) is 5.69 Å². The minimum Gasteiger partial charge on any atom is -0.364 e. The zero-order valence-corrected chi connectivity index (χ0v) is 15.6. The number of nitrogens with one attached hydrogen (secondary N) is 1. The van der Waals surface area contributed by atoms with E-state index in [1.807, 2.05) is 65.6 Å². The minimum atomic E-state index is -0.486. The number of carbonyl (C=O) groups excluding carboxylic acids is 2. The van der Waals surface area contributed by atoms with Crippen LogP contribution in [-0.2, 0) is 20.9 Å². The highest BCUT2D eigenvalue weighted by molar-refractivity contribution is 5.92. The summed E-state index contributed by atoms with van der Waals surface area (Å²) in [6, 6.07) is 19.3. The number of piperidine rings is 1. The van der Waals surface area contributed by atoms with Crippen molar-refractivity contribution in [3.8, 4) is 0 Å². The summed E-state index contributed by atoms with van der Waals surface area (Å²) < 4.78 is 5.73. The molecule has 3 rings (SSSR count). The molecule has 142 valence electrons. The van der Waals surface area contributed by atoms with Gasteiger partial charge in [0.15, 0.2) is 0 Å². The molecule has 1 saturated heterocycles. The highest BCUT2D eigenvalue weighted by atomic mass is 16.5. The fourth-order valence-electron chi connectivity index (χ4n) is 3.25. The largest absolute Gasteiger partial charge is 0.364 e. The van der Waals surface area contributed by atoms with E-state index < -0.39 is 6.10 Å². The molecule has 2 amide bonds. The monoisotopic (exact) mass is 366 g/mol. The maximum atomic E-state index is 12.6. The molecule has 1 atom stereocenters. The first-order valence-corrected chi connectivity index (χ1v) is 9.43. The second-order valence-corrected chi connectivity index (χ2v) is 6.89. The first-order valence-electron chi connectivity index (χ1n) is 9.43. The molecule has 1 fully saturated rings. The molecule has 1 aliphatic heterocycles. The van der Waals surface area contributed by atoms with Gasteiger partial charge in [0.1, 0.15) is 6.10 Å². The molecule has 1 unspecified atom stereocenters. The molecule has 0 bridgehead atoms. The number of carbonyl (C=O) groups is 2. The van der Waals surface area contributed by atoms with E-state index in [1.165, 1.54) is 0 Å². The Morgan fingerprint density at radius 2 is 1.63 bits per heavy atom. The molecule has 27 heavy (non-hydrogen) atoms. The van der Waals surface area contributed by atoms with E-state index in [4.69, 9.17) is 4.74 Å². The number of anilines is 1. The Balaban J connectivity index is 1.43. The zero-order chi connectivity index (χ0) is 19.1. The van der Waals surface area contributed by atoms with E-state index in [1.54, 1.807) is 6.92 Å². The van der Waals surface area contributed by atoms with Gasteiger partial charge in [-0.1, -0.05) is 48.5 Å². The Bertz CT molecular complexity index is 741. The molecule has 2 aromatic carbocycles. The summed E-state index contributed by atoms with van der Waals surface area (Å²) in [5.41, 5.74) is 1.86. The highest BCUT2D eigenvalue weighted by Gasteiger charge is 2.29. The molecular formula is C22H26N2O3. The molecule has 1 N–H and O–H groups in total. The summed E-state index contributed by atoms with van der Waals surface area (Å²) in [5, 5.41) is 2.95. The van der Waals surface area contributed by atoms with Gasteiger partial charge in [-0.2, -0.15) is 0 Å². The molecule has 0 spiro atoms. The first kappa shape index (κ1) is 19.1. The van der Waals surface area contributed by atoms with Crippen molar-refractivity contribution in [1.29, 1.82) is 0 Å². The van der Waals surface area contributed by atoms with Crippen LogP contribution in [0.5, 0.6) is 0 Å². The van der Waals surface area contributed by atoms with Crippen LogP contribution in [0, 0.1) is 5.92 Å². The summed E-state index contributed by atoms with van der Waals surface area (Å²) >= 11 is 0. The number of ether oxygens (including phenoxy) is 1. The predicted molar refractivity (Wildman–Crippen MR) is 105 cm³/mol. The van der Waals surface area contributed by atoms with Crippen molar-refractivity contribution >= 4 is 17.5 Å². The lowest BCUT2D eigenvalue weighted by Crippen LogP contribution is -2.45. The molecule has 0 radical (unpaired) electrons. The highest BCUT2D eigenvalue weighted by Crippen LogP contribution is 2.20. The van der Waals surface area contributed by atoms with E-state index in [0.717, 1.165) is 11.3 Å². The van der Waals surface area contributed by atoms with E-state index >= 15 is 0 Å². The number of rotatable bonds is 6. The van der Waals surface area contributed by atoms with Crippen molar-refractivity contribution in [2.24, 2.45) is 5.92 Å². The summed E-state index contributed by atoms with van der Waals surface area (Å²) in [4.78, 5) is 26.8. The van der Waals surface area contributed by atoms with Crippen LogP contribution in [0.2, 0.25) is 0 Å². The Kier molecular flexibility index (Phi) is 6.60. The Hall–Kier alpha value is -2.66. The average molecular weight is 366 g/mol. The van der Waals surface area contributed by atoms with Crippen molar-refractivity contribution in [3.05, 3.63) is 66.2 Å². The van der Waals surface area contributed by atoms with Crippen molar-refractivity contribution in [1.82, 2.24) is 4.90 Å². The van der Waals surface area contributed by atoms with Gasteiger partial charge in [-0.25, -0.2) is 0 Å². The third kappa shape index (κ3) is 5.41. The van der Waals surface area contributed by atoms with E-state index in [0.29, 0.717) is 32.5 Å². The zero-order valence-electron chi connectivity index (χ0n) is 15.6. The van der Waals surface area contributed by atoms with Gasteiger partial charge in [-0.15, -0.1) is 0 Å². The third-order valence-corrected chi connectivity index (χ3v) is 4.91. The predicted octanol–water partition coefficient (Wildman–Crippen LogP) is 3.47. The SMILES string of the molecule is CC(OCc1ccccc1)C(=O)N1CCC(C(=O)Nc2ccccc2)CC1. The van der Waals surface area contributed by atoms with Gasteiger partial charge in [0.05, 0.1) is 6.61 Å². The van der Waals surface area contributed by atoms with Gasteiger partial charge in [-0.3, -0.25) is 9.59 Å². The Labute approximate surface area is 160 Å². The fraction of sp³-hybridized carbons (Fsp3) is 0.364. The average Bonchev–Trinajstić information content (AvgIpc) is 2.73. The maximum Gasteiger partial charge on any atom is 0.251 e. The Morgan fingerprint density at radius 1 is 1.04 bits per heavy atom.